The van der Waals surface area contributed by atoms with Crippen molar-refractivity contribution < 1.29 is 24.5 Å². The fourth-order valence-electron chi connectivity index (χ4n) is 5.31. The Labute approximate surface area is 233 Å². The Morgan fingerprint density at radius 2 is 1.88 bits per heavy atom. The molecule has 9 nitrogen and oxygen atoms in total. The maximum absolute atomic E-state index is 13.7. The van der Waals surface area contributed by atoms with E-state index >= 15 is 0 Å². The first-order valence-electron chi connectivity index (χ1n) is 12.8. The second-order valence-electron chi connectivity index (χ2n) is 9.73. The number of imidazole rings is 1. The summed E-state index contributed by atoms with van der Waals surface area (Å²) in [6.07, 6.45) is 1.74. The van der Waals surface area contributed by atoms with Crippen LogP contribution in [0.25, 0.3) is 21.6 Å². The number of anilines is 1. The number of pyridine rings is 1. The Morgan fingerprint density at radius 1 is 1.07 bits per heavy atom. The van der Waals surface area contributed by atoms with E-state index < -0.39 is 17.7 Å². The standard InChI is InChI=1S/C30H26N4O5S/c1-5-39-20-14-18(9-10-19(20)35)26-23(27(36)25-17(4)31-22-8-6-7-11-33(22)25)28(37)29(38)34(26)30-32-24-16(3)12-15(2)13-21(24)40-30/h6-14,26,35-36H,5H2,1-4H3/b27-23+. The van der Waals surface area contributed by atoms with E-state index in [4.69, 9.17) is 9.72 Å². The number of thiazole rings is 1. The zero-order chi connectivity index (χ0) is 28.3. The number of benzene rings is 2. The molecule has 2 aromatic carbocycles. The molecule has 1 fully saturated rings. The van der Waals surface area contributed by atoms with E-state index in [9.17, 15) is 19.8 Å². The van der Waals surface area contributed by atoms with E-state index in [0.29, 0.717) is 34.3 Å². The first-order valence-corrected chi connectivity index (χ1v) is 13.6. The Bertz CT molecular complexity index is 1890. The fourth-order valence-corrected chi connectivity index (χ4v) is 6.47. The van der Waals surface area contributed by atoms with E-state index in [1.54, 1.807) is 48.7 Å². The number of phenols is 1. The van der Waals surface area contributed by atoms with Gasteiger partial charge in [0.15, 0.2) is 22.4 Å². The minimum Gasteiger partial charge on any atom is -0.505 e. The number of aromatic hydroxyl groups is 1. The molecule has 1 saturated heterocycles. The van der Waals surface area contributed by atoms with Gasteiger partial charge < -0.3 is 14.9 Å². The van der Waals surface area contributed by atoms with Gasteiger partial charge in [0.1, 0.15) is 11.3 Å². The number of nitrogens with zero attached hydrogens (tertiary/aromatic N) is 4. The third-order valence-electron chi connectivity index (χ3n) is 7.00. The minimum absolute atomic E-state index is 0.0775. The van der Waals surface area contributed by atoms with Crippen molar-refractivity contribution in [1.82, 2.24) is 14.4 Å². The molecule has 6 rings (SSSR count). The second-order valence-corrected chi connectivity index (χ2v) is 10.7. The number of carbonyl (C=O) groups excluding carboxylic acids is 2. The number of amides is 1. The topological polar surface area (TPSA) is 117 Å². The number of fused-ring (bicyclic) bond motifs is 2. The number of aromatic nitrogens is 3. The number of phenolic OH excluding ortho intramolecular Hbond substituents is 1. The molecule has 1 aliphatic rings. The maximum atomic E-state index is 13.7. The quantitative estimate of drug-likeness (QED) is 0.165. The van der Waals surface area contributed by atoms with Crippen molar-refractivity contribution in [1.29, 1.82) is 0 Å². The summed E-state index contributed by atoms with van der Waals surface area (Å²) in [7, 11) is 0. The highest BCUT2D eigenvalue weighted by atomic mass is 32.1. The molecule has 0 aliphatic carbocycles. The van der Waals surface area contributed by atoms with Gasteiger partial charge in [0, 0.05) is 6.20 Å². The molecular weight excluding hydrogens is 528 g/mol. The van der Waals surface area contributed by atoms with Crippen LogP contribution >= 0.6 is 11.3 Å². The minimum atomic E-state index is -1.03. The monoisotopic (exact) mass is 554 g/mol. The molecule has 3 aromatic heterocycles. The molecule has 40 heavy (non-hydrogen) atoms. The Morgan fingerprint density at radius 3 is 2.65 bits per heavy atom. The normalized spacial score (nSPS) is 16.9. The largest absolute Gasteiger partial charge is 0.505 e. The Kier molecular flexibility index (Phi) is 6.07. The number of aliphatic hydroxyl groups is 1. The van der Waals surface area contributed by atoms with E-state index in [1.807, 2.05) is 32.0 Å². The van der Waals surface area contributed by atoms with Crippen molar-refractivity contribution >= 4 is 49.8 Å². The predicted molar refractivity (Wildman–Crippen MR) is 153 cm³/mol. The molecule has 0 spiro atoms. The molecule has 0 bridgehead atoms. The number of Topliss-reactive ketones (excluding diaryl/α,β-unsaturated/α-hetero) is 1. The van der Waals surface area contributed by atoms with Crippen molar-refractivity contribution in [2.24, 2.45) is 0 Å². The van der Waals surface area contributed by atoms with E-state index in [2.05, 4.69) is 4.98 Å². The summed E-state index contributed by atoms with van der Waals surface area (Å²) in [4.78, 5) is 38.1. The zero-order valence-electron chi connectivity index (χ0n) is 22.3. The first kappa shape index (κ1) is 25.6. The summed E-state index contributed by atoms with van der Waals surface area (Å²) in [6.45, 7) is 7.76. The number of aliphatic hydroxyl groups excluding tert-OH is 1. The molecule has 1 atom stereocenters. The van der Waals surface area contributed by atoms with Crippen LogP contribution in [-0.4, -0.2) is 42.9 Å². The summed E-state index contributed by atoms with van der Waals surface area (Å²) >= 11 is 1.30. The van der Waals surface area contributed by atoms with Gasteiger partial charge in [0.25, 0.3) is 5.78 Å². The van der Waals surface area contributed by atoms with Crippen LogP contribution in [-0.2, 0) is 9.59 Å². The van der Waals surface area contributed by atoms with E-state index in [1.165, 1.54) is 22.3 Å². The van der Waals surface area contributed by atoms with Gasteiger partial charge in [-0.15, -0.1) is 0 Å². The highest BCUT2D eigenvalue weighted by molar-refractivity contribution is 7.22. The first-order chi connectivity index (χ1) is 19.2. The SMILES string of the molecule is CCOc1cc(C2/C(=C(\O)c3c(C)nc4ccccn34)C(=O)C(=O)N2c2nc3c(C)cc(C)cc3s2)ccc1O. The number of ketones is 1. The highest BCUT2D eigenvalue weighted by Gasteiger charge is 2.49. The van der Waals surface area contributed by atoms with Crippen molar-refractivity contribution in [3.8, 4) is 11.5 Å². The summed E-state index contributed by atoms with van der Waals surface area (Å²) in [5.74, 6) is -1.87. The van der Waals surface area contributed by atoms with Crippen LogP contribution in [0.15, 0.2) is 60.3 Å². The predicted octanol–water partition coefficient (Wildman–Crippen LogP) is 5.60. The third kappa shape index (κ3) is 3.91. The van der Waals surface area contributed by atoms with Crippen molar-refractivity contribution in [2.45, 2.75) is 33.7 Å². The zero-order valence-corrected chi connectivity index (χ0v) is 23.1. The molecule has 5 aromatic rings. The summed E-state index contributed by atoms with van der Waals surface area (Å²) in [5, 5.41) is 22.4. The van der Waals surface area contributed by atoms with Gasteiger partial charge >= 0.3 is 5.91 Å². The van der Waals surface area contributed by atoms with E-state index in [0.717, 1.165) is 21.3 Å². The van der Waals surface area contributed by atoms with Crippen LogP contribution in [0.1, 0.15) is 41.0 Å². The summed E-state index contributed by atoms with van der Waals surface area (Å²) in [6, 6.07) is 13.0. The van der Waals surface area contributed by atoms with Crippen LogP contribution in [0.3, 0.4) is 0 Å². The molecule has 0 radical (unpaired) electrons. The second kappa shape index (κ2) is 9.49. The van der Waals surface area contributed by atoms with Gasteiger partial charge in [0.2, 0.25) is 0 Å². The molecular formula is C30H26N4O5S. The average molecular weight is 555 g/mol. The van der Waals surface area contributed by atoms with Gasteiger partial charge in [-0.1, -0.05) is 29.5 Å². The molecule has 4 heterocycles. The number of rotatable bonds is 5. The van der Waals surface area contributed by atoms with Gasteiger partial charge in [-0.3, -0.25) is 18.9 Å². The lowest BCUT2D eigenvalue weighted by molar-refractivity contribution is -0.132. The third-order valence-corrected chi connectivity index (χ3v) is 8.00. The maximum Gasteiger partial charge on any atom is 0.301 e. The summed E-state index contributed by atoms with van der Waals surface area (Å²) < 4.78 is 8.17. The van der Waals surface area contributed by atoms with Crippen LogP contribution in [0.4, 0.5) is 5.13 Å². The summed E-state index contributed by atoms with van der Waals surface area (Å²) in [5.41, 5.74) is 4.53. The number of hydrogen-bond donors (Lipinski definition) is 2. The molecule has 202 valence electrons. The Balaban J connectivity index is 1.63. The lowest BCUT2D eigenvalue weighted by Crippen LogP contribution is -2.29. The molecule has 2 N–H and O–H groups in total. The number of aryl methyl sites for hydroxylation is 3. The van der Waals surface area contributed by atoms with Gasteiger partial charge in [-0.05, 0) is 74.7 Å². The van der Waals surface area contributed by atoms with Gasteiger partial charge in [0.05, 0.1) is 34.1 Å². The van der Waals surface area contributed by atoms with Crippen molar-refractivity contribution in [3.63, 3.8) is 0 Å². The lowest BCUT2D eigenvalue weighted by atomic mass is 9.96. The Hall–Kier alpha value is -4.70. The number of ether oxygens (including phenoxy) is 1. The molecule has 1 aliphatic heterocycles. The smallest absolute Gasteiger partial charge is 0.301 e. The average Bonchev–Trinajstić information content (AvgIpc) is 3.56. The molecule has 1 unspecified atom stereocenters. The van der Waals surface area contributed by atoms with Crippen LogP contribution in [0.5, 0.6) is 11.5 Å². The van der Waals surface area contributed by atoms with Crippen LogP contribution in [0, 0.1) is 20.8 Å². The van der Waals surface area contributed by atoms with Crippen molar-refractivity contribution in [3.05, 3.63) is 88.4 Å². The molecule has 0 saturated carbocycles. The fraction of sp³-hybridized carbons (Fsp3) is 0.200. The van der Waals surface area contributed by atoms with E-state index in [-0.39, 0.29) is 22.8 Å². The van der Waals surface area contributed by atoms with Crippen LogP contribution < -0.4 is 9.64 Å². The van der Waals surface area contributed by atoms with Crippen molar-refractivity contribution in [2.75, 3.05) is 11.5 Å². The lowest BCUT2D eigenvalue weighted by Gasteiger charge is -2.23. The highest BCUT2D eigenvalue weighted by Crippen LogP contribution is 2.46. The molecule has 10 heteroatoms. The number of hydrogen-bond acceptors (Lipinski definition) is 8. The molecule has 1 amide bonds. The van der Waals surface area contributed by atoms with Crippen LogP contribution in [0.2, 0.25) is 0 Å². The van der Waals surface area contributed by atoms with Gasteiger partial charge in [-0.2, -0.15) is 0 Å². The number of carbonyl (C=O) groups is 2. The van der Waals surface area contributed by atoms with Gasteiger partial charge in [-0.25, -0.2) is 9.97 Å².